The minimum absolute atomic E-state index is 0. The van der Waals surface area contributed by atoms with Gasteiger partial charge in [0.15, 0.2) is 6.20 Å². The molecule has 0 aliphatic heterocycles. The molecule has 0 fully saturated rings. The number of benzene rings is 1. The van der Waals surface area contributed by atoms with Gasteiger partial charge in [-0.05, 0) is 5.56 Å². The van der Waals surface area contributed by atoms with Crippen LogP contribution in [0.25, 0.3) is 0 Å². The first-order chi connectivity index (χ1) is 8.75. The van der Waals surface area contributed by atoms with Crippen molar-refractivity contribution in [3.63, 3.8) is 0 Å². The molecule has 0 radical (unpaired) electrons. The van der Waals surface area contributed by atoms with Gasteiger partial charge in [0.1, 0.15) is 0 Å². The van der Waals surface area contributed by atoms with E-state index in [9.17, 15) is 10.1 Å². The van der Waals surface area contributed by atoms with Gasteiger partial charge in [-0.15, -0.1) is 0 Å². The van der Waals surface area contributed by atoms with Gasteiger partial charge in [0.25, 0.3) is 6.73 Å². The van der Waals surface area contributed by atoms with Crippen LogP contribution in [0.3, 0.4) is 0 Å². The van der Waals surface area contributed by atoms with Crippen molar-refractivity contribution in [1.29, 1.82) is 0 Å². The Balaban J connectivity index is 0.00000180. The highest BCUT2D eigenvalue weighted by Gasteiger charge is 2.11. The molecule has 1 aromatic carbocycles. The maximum absolute atomic E-state index is 10.6. The van der Waals surface area contributed by atoms with Crippen LogP contribution in [0.1, 0.15) is 5.56 Å². The van der Waals surface area contributed by atoms with E-state index in [1.165, 1.54) is 12.3 Å². The second kappa shape index (κ2) is 7.45. The Kier molecular flexibility index (Phi) is 5.92. The molecule has 0 aliphatic carbocycles. The number of nitro groups is 1. The highest BCUT2D eigenvalue weighted by Crippen LogP contribution is 2.05. The summed E-state index contributed by atoms with van der Waals surface area (Å²) in [6.07, 6.45) is 3.18. The minimum atomic E-state index is -0.423. The van der Waals surface area contributed by atoms with Crippen LogP contribution in [0.2, 0.25) is 0 Å². The molecule has 1 aromatic heterocycles. The molecule has 0 unspecified atom stereocenters. The molecular weight excluding hydrogens is 268 g/mol. The maximum Gasteiger partial charge on any atom is 0.332 e. The van der Waals surface area contributed by atoms with Crippen molar-refractivity contribution in [2.24, 2.45) is 0 Å². The summed E-state index contributed by atoms with van der Waals surface area (Å²) in [6, 6.07) is 12.9. The number of aromatic nitrogens is 1. The van der Waals surface area contributed by atoms with Crippen LogP contribution < -0.4 is 17.0 Å². The standard InChI is InChI=1S/C13H13N2O3.ClH/c16-15(17)13-7-4-8-14(9-13)11-18-10-12-5-2-1-3-6-12;/h1-9H,10-11H2;1H/q+1;/p-1. The van der Waals surface area contributed by atoms with Gasteiger partial charge >= 0.3 is 5.69 Å². The Hall–Kier alpha value is -1.98. The van der Waals surface area contributed by atoms with Gasteiger partial charge < -0.3 is 17.1 Å². The van der Waals surface area contributed by atoms with E-state index < -0.39 is 4.92 Å². The normalized spacial score (nSPS) is 9.68. The second-order valence-electron chi connectivity index (χ2n) is 3.80. The van der Waals surface area contributed by atoms with Crippen molar-refractivity contribution >= 4 is 5.69 Å². The van der Waals surface area contributed by atoms with Gasteiger partial charge in [0.05, 0.1) is 11.5 Å². The zero-order chi connectivity index (χ0) is 12.8. The Morgan fingerprint density at radius 2 is 1.89 bits per heavy atom. The molecule has 2 aromatic rings. The van der Waals surface area contributed by atoms with Crippen LogP contribution >= 0.6 is 0 Å². The van der Waals surface area contributed by atoms with Gasteiger partial charge in [-0.25, -0.2) is 0 Å². The molecule has 5 nitrogen and oxygen atoms in total. The van der Waals surface area contributed by atoms with Gasteiger partial charge in [0.2, 0.25) is 6.20 Å². The van der Waals surface area contributed by atoms with Crippen molar-refractivity contribution in [2.75, 3.05) is 0 Å². The fourth-order valence-electron chi connectivity index (χ4n) is 1.54. The van der Waals surface area contributed by atoms with Crippen LogP contribution in [-0.4, -0.2) is 4.92 Å². The lowest BCUT2D eigenvalue weighted by molar-refractivity contribution is -0.735. The summed E-state index contributed by atoms with van der Waals surface area (Å²) >= 11 is 0. The van der Waals surface area contributed by atoms with Crippen molar-refractivity contribution in [3.05, 3.63) is 70.5 Å². The first-order valence-corrected chi connectivity index (χ1v) is 5.51. The number of hydrogen-bond acceptors (Lipinski definition) is 3. The Morgan fingerprint density at radius 1 is 1.16 bits per heavy atom. The Morgan fingerprint density at radius 3 is 2.58 bits per heavy atom. The van der Waals surface area contributed by atoms with Gasteiger partial charge in [-0.1, -0.05) is 30.3 Å². The van der Waals surface area contributed by atoms with E-state index in [0.717, 1.165) is 5.56 Å². The average Bonchev–Trinajstić information content (AvgIpc) is 2.40. The van der Waals surface area contributed by atoms with E-state index in [1.807, 2.05) is 30.3 Å². The van der Waals surface area contributed by atoms with Gasteiger partial charge in [0, 0.05) is 12.1 Å². The molecule has 19 heavy (non-hydrogen) atoms. The SMILES string of the molecule is O=[N+]([O-])c1ccc[n+](COCc2ccccc2)c1.[Cl-]. The van der Waals surface area contributed by atoms with Crippen LogP contribution in [0.15, 0.2) is 54.9 Å². The van der Waals surface area contributed by atoms with E-state index in [2.05, 4.69) is 0 Å². The zero-order valence-electron chi connectivity index (χ0n) is 10.1. The molecule has 6 heteroatoms. The lowest BCUT2D eigenvalue weighted by Gasteiger charge is -2.00. The molecule has 0 spiro atoms. The number of halogens is 1. The van der Waals surface area contributed by atoms with Crippen LogP contribution in [0.5, 0.6) is 0 Å². The van der Waals surface area contributed by atoms with E-state index in [0.29, 0.717) is 6.61 Å². The monoisotopic (exact) mass is 280 g/mol. The third-order valence-corrected chi connectivity index (χ3v) is 2.41. The topological polar surface area (TPSA) is 56.2 Å². The Labute approximate surface area is 117 Å². The fourth-order valence-corrected chi connectivity index (χ4v) is 1.54. The van der Waals surface area contributed by atoms with Crippen LogP contribution in [0, 0.1) is 10.1 Å². The van der Waals surface area contributed by atoms with E-state index in [1.54, 1.807) is 16.8 Å². The van der Waals surface area contributed by atoms with E-state index in [-0.39, 0.29) is 24.8 Å². The first-order valence-electron chi connectivity index (χ1n) is 5.51. The number of nitrogens with zero attached hydrogens (tertiary/aromatic N) is 2. The fraction of sp³-hybridized carbons (Fsp3) is 0.154. The molecule has 2 rings (SSSR count). The minimum Gasteiger partial charge on any atom is -1.00 e. The lowest BCUT2D eigenvalue weighted by atomic mass is 10.2. The summed E-state index contributed by atoms with van der Waals surface area (Å²) in [5.74, 6) is 0. The number of pyridine rings is 1. The quantitative estimate of drug-likeness (QED) is 0.404. The summed E-state index contributed by atoms with van der Waals surface area (Å²) < 4.78 is 7.12. The van der Waals surface area contributed by atoms with Crippen molar-refractivity contribution < 1.29 is 26.6 Å². The highest BCUT2D eigenvalue weighted by atomic mass is 35.5. The second-order valence-corrected chi connectivity index (χ2v) is 3.80. The summed E-state index contributed by atoms with van der Waals surface area (Å²) in [4.78, 5) is 10.2. The average molecular weight is 281 g/mol. The molecule has 0 saturated heterocycles. The maximum atomic E-state index is 10.6. The van der Waals surface area contributed by atoms with Crippen molar-refractivity contribution in [1.82, 2.24) is 0 Å². The molecule has 0 aliphatic rings. The summed E-state index contributed by atoms with van der Waals surface area (Å²) in [5, 5.41) is 10.6. The molecule has 100 valence electrons. The van der Waals surface area contributed by atoms with E-state index in [4.69, 9.17) is 4.74 Å². The summed E-state index contributed by atoms with van der Waals surface area (Å²) in [5.41, 5.74) is 1.13. The van der Waals surface area contributed by atoms with Crippen LogP contribution in [-0.2, 0) is 18.1 Å². The zero-order valence-corrected chi connectivity index (χ0v) is 10.9. The molecule has 0 saturated carbocycles. The number of hydrogen-bond donors (Lipinski definition) is 0. The summed E-state index contributed by atoms with van der Waals surface area (Å²) in [7, 11) is 0. The highest BCUT2D eigenvalue weighted by molar-refractivity contribution is 5.21. The molecule has 0 atom stereocenters. The predicted octanol–water partition coefficient (Wildman–Crippen LogP) is -0.939. The molecule has 0 amide bonds. The first kappa shape index (κ1) is 15.1. The smallest absolute Gasteiger partial charge is 0.332 e. The predicted molar refractivity (Wildman–Crippen MR) is 64.5 cm³/mol. The van der Waals surface area contributed by atoms with Crippen LogP contribution in [0.4, 0.5) is 5.69 Å². The third kappa shape index (κ3) is 4.65. The van der Waals surface area contributed by atoms with Gasteiger partial charge in [-0.3, -0.25) is 10.1 Å². The molecular formula is C13H13ClN2O3. The number of rotatable bonds is 5. The lowest BCUT2D eigenvalue weighted by Crippen LogP contribution is -3.00. The van der Waals surface area contributed by atoms with E-state index >= 15 is 0 Å². The Bertz CT molecular complexity index is 534. The third-order valence-electron chi connectivity index (χ3n) is 2.41. The molecule has 0 N–H and O–H groups in total. The van der Waals surface area contributed by atoms with Gasteiger partial charge in [-0.2, -0.15) is 4.57 Å². The van der Waals surface area contributed by atoms with Crippen molar-refractivity contribution in [2.45, 2.75) is 13.3 Å². The number of ether oxygens (including phenoxy) is 1. The molecule has 0 bridgehead atoms. The van der Waals surface area contributed by atoms with Crippen molar-refractivity contribution in [3.8, 4) is 0 Å². The largest absolute Gasteiger partial charge is 1.00 e. The molecule has 1 heterocycles. The summed E-state index contributed by atoms with van der Waals surface area (Å²) in [6.45, 7) is 0.771.